The van der Waals surface area contributed by atoms with Crippen molar-refractivity contribution >= 4 is 29.3 Å². The molecule has 2 aliphatic rings. The van der Waals surface area contributed by atoms with Crippen molar-refractivity contribution in [2.75, 3.05) is 5.75 Å². The summed E-state index contributed by atoms with van der Waals surface area (Å²) in [6.45, 7) is 0. The molecule has 4 heteroatoms. The van der Waals surface area contributed by atoms with Gasteiger partial charge in [-0.3, -0.25) is 4.79 Å². The Morgan fingerprint density at radius 1 is 1.38 bits per heavy atom. The SMILES string of the molecule is O=C1CS[C@@H](c2cccc(Cl)c2)N1C1CC1. The van der Waals surface area contributed by atoms with Gasteiger partial charge in [0.25, 0.3) is 0 Å². The summed E-state index contributed by atoms with van der Waals surface area (Å²) in [5, 5.41) is 0.923. The summed E-state index contributed by atoms with van der Waals surface area (Å²) in [6.07, 6.45) is 2.31. The fourth-order valence-corrected chi connectivity index (χ4v) is 3.54. The van der Waals surface area contributed by atoms with Crippen LogP contribution < -0.4 is 0 Å². The van der Waals surface area contributed by atoms with Gasteiger partial charge in [-0.05, 0) is 30.5 Å². The first-order valence-corrected chi connectivity index (χ1v) is 6.86. The Bertz CT molecular complexity index is 433. The van der Waals surface area contributed by atoms with Crippen molar-refractivity contribution in [2.24, 2.45) is 0 Å². The smallest absolute Gasteiger partial charge is 0.234 e. The van der Waals surface area contributed by atoms with E-state index in [9.17, 15) is 4.79 Å². The van der Waals surface area contributed by atoms with Crippen molar-refractivity contribution in [1.82, 2.24) is 4.90 Å². The Labute approximate surface area is 104 Å². The number of carbonyl (C=O) groups is 1. The van der Waals surface area contributed by atoms with E-state index in [0.717, 1.165) is 23.4 Å². The predicted molar refractivity (Wildman–Crippen MR) is 66.5 cm³/mol. The van der Waals surface area contributed by atoms with Crippen LogP contribution in [0.15, 0.2) is 24.3 Å². The summed E-state index contributed by atoms with van der Waals surface area (Å²) < 4.78 is 0. The highest BCUT2D eigenvalue weighted by Crippen LogP contribution is 2.45. The number of amides is 1. The van der Waals surface area contributed by atoms with Crippen molar-refractivity contribution in [1.29, 1.82) is 0 Å². The van der Waals surface area contributed by atoms with Gasteiger partial charge in [-0.2, -0.15) is 0 Å². The van der Waals surface area contributed by atoms with Gasteiger partial charge in [0.2, 0.25) is 5.91 Å². The molecule has 0 aromatic heterocycles. The maximum atomic E-state index is 11.8. The summed E-state index contributed by atoms with van der Waals surface area (Å²) in [5.74, 6) is 0.880. The van der Waals surface area contributed by atoms with Crippen LogP contribution in [-0.2, 0) is 4.79 Å². The number of hydrogen-bond acceptors (Lipinski definition) is 2. The third kappa shape index (κ3) is 1.82. The second-order valence-corrected chi connectivity index (χ2v) is 5.76. The Hall–Kier alpha value is -0.670. The van der Waals surface area contributed by atoms with E-state index in [1.54, 1.807) is 11.8 Å². The minimum atomic E-state index is 0.179. The Balaban J connectivity index is 1.91. The zero-order chi connectivity index (χ0) is 11.1. The lowest BCUT2D eigenvalue weighted by atomic mass is 10.2. The molecule has 0 unspecified atom stereocenters. The molecule has 1 saturated heterocycles. The summed E-state index contributed by atoms with van der Waals surface area (Å²) >= 11 is 7.70. The van der Waals surface area contributed by atoms with Crippen LogP contribution in [0.5, 0.6) is 0 Å². The van der Waals surface area contributed by atoms with Crippen LogP contribution in [0.25, 0.3) is 0 Å². The van der Waals surface area contributed by atoms with E-state index in [0.29, 0.717) is 11.8 Å². The molecule has 1 aromatic carbocycles. The number of carbonyl (C=O) groups excluding carboxylic acids is 1. The molecule has 1 aliphatic carbocycles. The molecule has 0 radical (unpaired) electrons. The van der Waals surface area contributed by atoms with Crippen LogP contribution in [0.1, 0.15) is 23.8 Å². The zero-order valence-corrected chi connectivity index (χ0v) is 10.3. The van der Waals surface area contributed by atoms with Crippen molar-refractivity contribution < 1.29 is 4.79 Å². The first-order valence-electron chi connectivity index (χ1n) is 5.44. The monoisotopic (exact) mass is 253 g/mol. The average molecular weight is 254 g/mol. The van der Waals surface area contributed by atoms with Gasteiger partial charge in [0.1, 0.15) is 5.37 Å². The Morgan fingerprint density at radius 2 is 2.19 bits per heavy atom. The third-order valence-electron chi connectivity index (χ3n) is 2.98. The summed E-state index contributed by atoms with van der Waals surface area (Å²) in [5.41, 5.74) is 1.15. The molecule has 0 spiro atoms. The molecule has 1 atom stereocenters. The maximum Gasteiger partial charge on any atom is 0.234 e. The predicted octanol–water partition coefficient (Wildman–Crippen LogP) is 3.08. The number of benzene rings is 1. The van der Waals surface area contributed by atoms with E-state index in [-0.39, 0.29) is 11.3 Å². The molecule has 1 aliphatic heterocycles. The minimum Gasteiger partial charge on any atom is -0.323 e. The van der Waals surface area contributed by atoms with Gasteiger partial charge < -0.3 is 4.90 Å². The van der Waals surface area contributed by atoms with Crippen molar-refractivity contribution in [3.63, 3.8) is 0 Å². The second kappa shape index (κ2) is 3.97. The minimum absolute atomic E-state index is 0.179. The summed E-state index contributed by atoms with van der Waals surface area (Å²) in [4.78, 5) is 13.8. The van der Waals surface area contributed by atoms with Crippen molar-refractivity contribution in [3.8, 4) is 0 Å². The molecule has 1 amide bonds. The van der Waals surface area contributed by atoms with E-state index in [2.05, 4.69) is 6.07 Å². The lowest BCUT2D eigenvalue weighted by Crippen LogP contribution is -2.30. The first kappa shape index (κ1) is 10.5. The fourth-order valence-electron chi connectivity index (χ4n) is 2.10. The largest absolute Gasteiger partial charge is 0.323 e. The second-order valence-electron chi connectivity index (χ2n) is 4.25. The van der Waals surface area contributed by atoms with Gasteiger partial charge in [0.15, 0.2) is 0 Å². The van der Waals surface area contributed by atoms with E-state index in [1.165, 1.54) is 0 Å². The molecule has 2 fully saturated rings. The number of nitrogens with zero attached hydrogens (tertiary/aromatic N) is 1. The highest BCUT2D eigenvalue weighted by atomic mass is 35.5. The Kier molecular flexibility index (Phi) is 2.60. The van der Waals surface area contributed by atoms with Crippen molar-refractivity contribution in [2.45, 2.75) is 24.3 Å². The Morgan fingerprint density at radius 3 is 2.88 bits per heavy atom. The zero-order valence-electron chi connectivity index (χ0n) is 8.73. The van der Waals surface area contributed by atoms with Gasteiger partial charge in [-0.15, -0.1) is 11.8 Å². The van der Waals surface area contributed by atoms with Gasteiger partial charge >= 0.3 is 0 Å². The van der Waals surface area contributed by atoms with E-state index < -0.39 is 0 Å². The molecule has 1 saturated carbocycles. The molecular formula is C12H12ClNOS. The molecule has 3 rings (SSSR count). The van der Waals surface area contributed by atoms with Crippen LogP contribution in [0.4, 0.5) is 0 Å². The average Bonchev–Trinajstić information content (AvgIpc) is 3.02. The van der Waals surface area contributed by atoms with Crippen LogP contribution >= 0.6 is 23.4 Å². The van der Waals surface area contributed by atoms with Crippen LogP contribution in [0, 0.1) is 0 Å². The molecule has 0 bridgehead atoms. The number of thioether (sulfide) groups is 1. The molecule has 84 valence electrons. The lowest BCUT2D eigenvalue weighted by molar-refractivity contribution is -0.128. The van der Waals surface area contributed by atoms with Gasteiger partial charge in [0.05, 0.1) is 5.75 Å². The highest BCUT2D eigenvalue weighted by molar-refractivity contribution is 8.00. The van der Waals surface area contributed by atoms with E-state index in [4.69, 9.17) is 11.6 Å². The van der Waals surface area contributed by atoms with Gasteiger partial charge in [0, 0.05) is 11.1 Å². The molecule has 16 heavy (non-hydrogen) atoms. The number of halogens is 1. The summed E-state index contributed by atoms with van der Waals surface area (Å²) in [6, 6.07) is 8.32. The molecule has 1 heterocycles. The number of rotatable bonds is 2. The molecular weight excluding hydrogens is 242 g/mol. The van der Waals surface area contributed by atoms with Gasteiger partial charge in [-0.25, -0.2) is 0 Å². The van der Waals surface area contributed by atoms with Gasteiger partial charge in [-0.1, -0.05) is 23.7 Å². The van der Waals surface area contributed by atoms with E-state index in [1.807, 2.05) is 23.1 Å². The van der Waals surface area contributed by atoms with Crippen LogP contribution in [0.2, 0.25) is 5.02 Å². The maximum absolute atomic E-state index is 11.8. The normalized spacial score (nSPS) is 25.2. The van der Waals surface area contributed by atoms with Crippen LogP contribution in [-0.4, -0.2) is 22.6 Å². The third-order valence-corrected chi connectivity index (χ3v) is 4.44. The standard InChI is InChI=1S/C12H12ClNOS/c13-9-3-1-2-8(6-9)12-14(10-4-5-10)11(15)7-16-12/h1-3,6,10,12H,4-5,7H2/t12-/m0/s1. The fraction of sp³-hybridized carbons (Fsp3) is 0.417. The van der Waals surface area contributed by atoms with Crippen molar-refractivity contribution in [3.05, 3.63) is 34.9 Å². The molecule has 1 aromatic rings. The number of hydrogen-bond donors (Lipinski definition) is 0. The summed E-state index contributed by atoms with van der Waals surface area (Å²) in [7, 11) is 0. The molecule has 0 N–H and O–H groups in total. The van der Waals surface area contributed by atoms with E-state index >= 15 is 0 Å². The highest BCUT2D eigenvalue weighted by Gasteiger charge is 2.42. The van der Waals surface area contributed by atoms with Crippen LogP contribution in [0.3, 0.4) is 0 Å². The quantitative estimate of drug-likeness (QED) is 0.807. The lowest BCUT2D eigenvalue weighted by Gasteiger charge is -2.24. The molecule has 2 nitrogen and oxygen atoms in total. The topological polar surface area (TPSA) is 20.3 Å². The first-order chi connectivity index (χ1) is 7.75.